The summed E-state index contributed by atoms with van der Waals surface area (Å²) in [6.45, 7) is 0. The van der Waals surface area contributed by atoms with Crippen molar-refractivity contribution in [2.45, 2.75) is 0 Å². The van der Waals surface area contributed by atoms with Gasteiger partial charge in [0.1, 0.15) is 11.5 Å². The normalized spacial score (nSPS) is 9.71. The Morgan fingerprint density at radius 3 is 2.18 bits per heavy atom. The Kier molecular flexibility index (Phi) is 3.40. The highest BCUT2D eigenvalue weighted by atomic mass is 16.5. The number of hydrogen-bond acceptors (Lipinski definition) is 3. The quantitative estimate of drug-likeness (QED) is 0.756. The molecule has 2 aromatic carbocycles. The molecule has 2 aromatic rings. The molecule has 85 valence electrons. The molecule has 0 saturated heterocycles. The van der Waals surface area contributed by atoms with Gasteiger partial charge in [-0.3, -0.25) is 0 Å². The molecular weight excluding hydrogens is 216 g/mol. The molecule has 2 rings (SSSR count). The van der Waals surface area contributed by atoms with Crippen LogP contribution in [0.4, 0.5) is 0 Å². The molecule has 0 unspecified atom stereocenters. The molecule has 0 aliphatic rings. The van der Waals surface area contributed by atoms with E-state index < -0.39 is 0 Å². The smallest absolute Gasteiger partial charge is 0.337 e. The van der Waals surface area contributed by atoms with Crippen LogP contribution in [0.2, 0.25) is 0 Å². The molecule has 0 heterocycles. The van der Waals surface area contributed by atoms with E-state index >= 15 is 0 Å². The summed E-state index contributed by atoms with van der Waals surface area (Å²) in [5.74, 6) is 1.05. The number of methoxy groups -OCH3 is 1. The topological polar surface area (TPSA) is 35.5 Å². The van der Waals surface area contributed by atoms with Crippen molar-refractivity contribution in [3.8, 4) is 11.5 Å². The Morgan fingerprint density at radius 1 is 1.00 bits per heavy atom. The van der Waals surface area contributed by atoms with E-state index in [1.807, 2.05) is 12.1 Å². The number of rotatable bonds is 3. The molecule has 0 aliphatic carbocycles. The first-order chi connectivity index (χ1) is 8.29. The summed E-state index contributed by atoms with van der Waals surface area (Å²) < 4.78 is 10.2. The third-order valence-corrected chi connectivity index (χ3v) is 2.20. The summed E-state index contributed by atoms with van der Waals surface area (Å²) in [6.07, 6.45) is 0. The summed E-state index contributed by atoms with van der Waals surface area (Å²) in [5, 5.41) is 0. The van der Waals surface area contributed by atoms with E-state index in [1.54, 1.807) is 36.4 Å². The van der Waals surface area contributed by atoms with E-state index in [-0.39, 0.29) is 5.97 Å². The van der Waals surface area contributed by atoms with Gasteiger partial charge in [-0.1, -0.05) is 12.1 Å². The largest absolute Gasteiger partial charge is 0.465 e. The fourth-order valence-corrected chi connectivity index (χ4v) is 1.35. The summed E-state index contributed by atoms with van der Waals surface area (Å²) in [7, 11) is 1.35. The zero-order chi connectivity index (χ0) is 12.1. The Morgan fingerprint density at radius 2 is 1.59 bits per heavy atom. The van der Waals surface area contributed by atoms with Crippen LogP contribution in [0.5, 0.6) is 11.5 Å². The van der Waals surface area contributed by atoms with Gasteiger partial charge in [-0.05, 0) is 42.5 Å². The Hall–Kier alpha value is -2.29. The van der Waals surface area contributed by atoms with Crippen LogP contribution in [0.1, 0.15) is 10.4 Å². The molecule has 3 nitrogen and oxygen atoms in total. The molecule has 0 N–H and O–H groups in total. The van der Waals surface area contributed by atoms with Crippen molar-refractivity contribution in [1.82, 2.24) is 0 Å². The number of carbonyl (C=O) groups excluding carboxylic acids is 1. The fraction of sp³-hybridized carbons (Fsp3) is 0.0714. The van der Waals surface area contributed by atoms with Gasteiger partial charge in [0.05, 0.1) is 12.7 Å². The number of benzene rings is 2. The molecular formula is C14H11O3. The third-order valence-electron chi connectivity index (χ3n) is 2.20. The van der Waals surface area contributed by atoms with Gasteiger partial charge in [-0.15, -0.1) is 0 Å². The summed E-state index contributed by atoms with van der Waals surface area (Å²) in [5.41, 5.74) is 0.501. The second-order valence-electron chi connectivity index (χ2n) is 3.35. The van der Waals surface area contributed by atoms with E-state index in [2.05, 4.69) is 10.8 Å². The molecule has 3 heteroatoms. The minimum Gasteiger partial charge on any atom is -0.465 e. The van der Waals surface area contributed by atoms with E-state index in [0.717, 1.165) is 5.75 Å². The lowest BCUT2D eigenvalue weighted by Crippen LogP contribution is -2.00. The molecule has 0 amide bonds. The second-order valence-corrected chi connectivity index (χ2v) is 3.35. The predicted octanol–water partition coefficient (Wildman–Crippen LogP) is 3.07. The van der Waals surface area contributed by atoms with E-state index in [0.29, 0.717) is 11.3 Å². The zero-order valence-corrected chi connectivity index (χ0v) is 9.34. The average molecular weight is 227 g/mol. The van der Waals surface area contributed by atoms with Crippen molar-refractivity contribution < 1.29 is 14.3 Å². The third kappa shape index (κ3) is 2.84. The summed E-state index contributed by atoms with van der Waals surface area (Å²) in [4.78, 5) is 11.2. The van der Waals surface area contributed by atoms with Gasteiger partial charge in [0.25, 0.3) is 0 Å². The minimum absolute atomic E-state index is 0.356. The molecule has 0 bridgehead atoms. The molecule has 0 fully saturated rings. The number of ether oxygens (including phenoxy) is 2. The van der Waals surface area contributed by atoms with Crippen molar-refractivity contribution in [2.75, 3.05) is 7.11 Å². The van der Waals surface area contributed by atoms with E-state index in [1.165, 1.54) is 7.11 Å². The Balaban J connectivity index is 2.11. The first kappa shape index (κ1) is 11.2. The number of hydrogen-bond donors (Lipinski definition) is 0. The molecule has 0 aromatic heterocycles. The van der Waals surface area contributed by atoms with Gasteiger partial charge < -0.3 is 9.47 Å². The molecule has 0 aliphatic heterocycles. The first-order valence-electron chi connectivity index (χ1n) is 5.12. The maximum absolute atomic E-state index is 11.2. The van der Waals surface area contributed by atoms with Crippen molar-refractivity contribution in [3.05, 3.63) is 60.2 Å². The van der Waals surface area contributed by atoms with Crippen LogP contribution >= 0.6 is 0 Å². The number of carbonyl (C=O) groups is 1. The average Bonchev–Trinajstić information content (AvgIpc) is 2.40. The molecule has 1 radical (unpaired) electrons. The zero-order valence-electron chi connectivity index (χ0n) is 9.34. The van der Waals surface area contributed by atoms with Crippen molar-refractivity contribution >= 4 is 5.97 Å². The standard InChI is InChI=1S/C14H11O3/c1-16-14(15)11-7-9-13(10-8-11)17-12-5-3-2-4-6-12/h3-10H,1H3. The first-order valence-corrected chi connectivity index (χ1v) is 5.12. The maximum atomic E-state index is 11.2. The minimum atomic E-state index is -0.356. The SMILES string of the molecule is COC(=O)c1ccc(Oc2cc[c]cc2)cc1. The van der Waals surface area contributed by atoms with E-state index in [4.69, 9.17) is 4.74 Å². The van der Waals surface area contributed by atoms with Gasteiger partial charge in [-0.25, -0.2) is 4.79 Å². The molecule has 0 spiro atoms. The molecule has 17 heavy (non-hydrogen) atoms. The highest BCUT2D eigenvalue weighted by Crippen LogP contribution is 2.21. The summed E-state index contributed by atoms with van der Waals surface area (Å²) >= 11 is 0. The van der Waals surface area contributed by atoms with Crippen molar-refractivity contribution in [3.63, 3.8) is 0 Å². The van der Waals surface area contributed by atoms with Gasteiger partial charge in [0, 0.05) is 0 Å². The van der Waals surface area contributed by atoms with E-state index in [9.17, 15) is 4.79 Å². The predicted molar refractivity (Wildman–Crippen MR) is 63.1 cm³/mol. The Bertz CT molecular complexity index is 489. The van der Waals surface area contributed by atoms with Crippen molar-refractivity contribution in [1.29, 1.82) is 0 Å². The highest BCUT2D eigenvalue weighted by Gasteiger charge is 2.04. The van der Waals surface area contributed by atoms with Gasteiger partial charge in [-0.2, -0.15) is 0 Å². The highest BCUT2D eigenvalue weighted by molar-refractivity contribution is 5.89. The lowest BCUT2D eigenvalue weighted by Gasteiger charge is -2.05. The van der Waals surface area contributed by atoms with Gasteiger partial charge >= 0.3 is 5.97 Å². The monoisotopic (exact) mass is 227 g/mol. The lowest BCUT2D eigenvalue weighted by atomic mass is 10.2. The Labute approximate surface area is 99.6 Å². The van der Waals surface area contributed by atoms with Crippen LogP contribution in [0.3, 0.4) is 0 Å². The second kappa shape index (κ2) is 5.16. The van der Waals surface area contributed by atoms with Crippen LogP contribution in [-0.2, 0) is 4.74 Å². The van der Waals surface area contributed by atoms with Crippen molar-refractivity contribution in [2.24, 2.45) is 0 Å². The van der Waals surface area contributed by atoms with Crippen LogP contribution in [0, 0.1) is 6.07 Å². The van der Waals surface area contributed by atoms with Crippen LogP contribution < -0.4 is 4.74 Å². The van der Waals surface area contributed by atoms with Crippen LogP contribution in [0.25, 0.3) is 0 Å². The fourth-order valence-electron chi connectivity index (χ4n) is 1.35. The number of esters is 1. The molecule has 0 saturated carbocycles. The van der Waals surface area contributed by atoms with Crippen LogP contribution in [-0.4, -0.2) is 13.1 Å². The van der Waals surface area contributed by atoms with Crippen LogP contribution in [0.15, 0.2) is 48.5 Å². The summed E-state index contributed by atoms with van der Waals surface area (Å²) in [6, 6.07) is 16.9. The van der Waals surface area contributed by atoms with Gasteiger partial charge in [0.15, 0.2) is 0 Å². The molecule has 0 atom stereocenters. The van der Waals surface area contributed by atoms with Gasteiger partial charge in [0.2, 0.25) is 0 Å². The maximum Gasteiger partial charge on any atom is 0.337 e. The lowest BCUT2D eigenvalue weighted by molar-refractivity contribution is 0.0600.